The topological polar surface area (TPSA) is 92.3 Å². The number of carbonyl (C=O) groups is 2. The molecule has 126 valence electrons. The quantitative estimate of drug-likeness (QED) is 0.825. The first-order valence-corrected chi connectivity index (χ1v) is 8.66. The average molecular weight is 346 g/mol. The Labute approximate surface area is 132 Å². The Morgan fingerprint density at radius 3 is 2.35 bits per heavy atom. The zero-order chi connectivity index (χ0) is 17.2. The van der Waals surface area contributed by atoms with E-state index in [-0.39, 0.29) is 11.3 Å². The van der Waals surface area contributed by atoms with Gasteiger partial charge in [0.25, 0.3) is 5.91 Å². The third-order valence-corrected chi connectivity index (χ3v) is 5.99. The van der Waals surface area contributed by atoms with Crippen LogP contribution in [-0.4, -0.2) is 43.8 Å². The number of nitrogens with one attached hydrogen (secondary N) is 2. The molecular formula is C14H16F2N2O4S. The first-order valence-electron chi connectivity index (χ1n) is 6.94. The molecule has 1 heterocycles. The predicted molar refractivity (Wildman–Crippen MR) is 78.5 cm³/mol. The van der Waals surface area contributed by atoms with Crippen molar-refractivity contribution in [2.75, 3.05) is 12.3 Å². The van der Waals surface area contributed by atoms with Crippen molar-refractivity contribution in [3.05, 3.63) is 35.4 Å². The molecule has 0 saturated carbocycles. The van der Waals surface area contributed by atoms with E-state index >= 15 is 0 Å². The number of rotatable bonds is 4. The zero-order valence-corrected chi connectivity index (χ0v) is 13.1. The van der Waals surface area contributed by atoms with Gasteiger partial charge in [-0.05, 0) is 25.5 Å². The molecule has 0 bridgehead atoms. The van der Waals surface area contributed by atoms with Crippen molar-refractivity contribution < 1.29 is 26.8 Å². The minimum atomic E-state index is -3.19. The predicted octanol–water partition coefficient (Wildman–Crippen LogP) is 0.386. The average Bonchev–Trinajstić information content (AvgIpc) is 2.71. The Morgan fingerprint density at radius 1 is 1.22 bits per heavy atom. The number of benzene rings is 1. The van der Waals surface area contributed by atoms with E-state index in [1.807, 2.05) is 0 Å². The van der Waals surface area contributed by atoms with E-state index in [2.05, 4.69) is 10.6 Å². The van der Waals surface area contributed by atoms with Gasteiger partial charge in [0.15, 0.2) is 9.84 Å². The van der Waals surface area contributed by atoms with Crippen LogP contribution >= 0.6 is 0 Å². The summed E-state index contributed by atoms with van der Waals surface area (Å²) in [5.74, 6) is -3.15. The first kappa shape index (κ1) is 17.3. The number of hydrogen-bond acceptors (Lipinski definition) is 4. The summed E-state index contributed by atoms with van der Waals surface area (Å²) < 4.78 is 49.2. The van der Waals surface area contributed by atoms with Crippen LogP contribution < -0.4 is 10.6 Å². The first-order chi connectivity index (χ1) is 10.7. The van der Waals surface area contributed by atoms with Crippen molar-refractivity contribution in [1.29, 1.82) is 0 Å². The van der Waals surface area contributed by atoms with Crippen LogP contribution in [0.3, 0.4) is 0 Å². The third kappa shape index (κ3) is 4.25. The van der Waals surface area contributed by atoms with Crippen LogP contribution in [-0.2, 0) is 14.6 Å². The molecule has 1 aliphatic heterocycles. The van der Waals surface area contributed by atoms with Crippen molar-refractivity contribution >= 4 is 21.7 Å². The number of halogens is 2. The fraction of sp³-hybridized carbons (Fsp3) is 0.429. The lowest BCUT2D eigenvalue weighted by atomic mass is 10.1. The fourth-order valence-corrected chi connectivity index (χ4v) is 4.02. The highest BCUT2D eigenvalue weighted by atomic mass is 32.2. The van der Waals surface area contributed by atoms with Gasteiger partial charge in [0.05, 0.1) is 17.5 Å². The molecule has 2 N–H and O–H groups in total. The van der Waals surface area contributed by atoms with Crippen LogP contribution in [0, 0.1) is 11.6 Å². The smallest absolute Gasteiger partial charge is 0.251 e. The molecule has 1 aromatic carbocycles. The van der Waals surface area contributed by atoms with E-state index in [1.165, 1.54) is 6.92 Å². The summed E-state index contributed by atoms with van der Waals surface area (Å²) in [7, 11) is -3.19. The highest BCUT2D eigenvalue weighted by Gasteiger charge is 2.37. The fourth-order valence-electron chi connectivity index (χ4n) is 2.36. The molecule has 2 atom stereocenters. The number of hydrogen-bond donors (Lipinski definition) is 2. The molecule has 0 spiro atoms. The van der Waals surface area contributed by atoms with E-state index in [0.717, 1.165) is 12.1 Å². The molecule has 23 heavy (non-hydrogen) atoms. The largest absolute Gasteiger partial charge is 0.351 e. The van der Waals surface area contributed by atoms with Crippen molar-refractivity contribution in [3.8, 4) is 0 Å². The lowest BCUT2D eigenvalue weighted by molar-refractivity contribution is -0.120. The van der Waals surface area contributed by atoms with E-state index < -0.39 is 51.1 Å². The van der Waals surface area contributed by atoms with Gasteiger partial charge in [-0.25, -0.2) is 17.2 Å². The van der Waals surface area contributed by atoms with Gasteiger partial charge in [0.1, 0.15) is 11.6 Å². The summed E-state index contributed by atoms with van der Waals surface area (Å²) in [6.45, 7) is 1.10. The second-order valence-electron chi connectivity index (χ2n) is 5.38. The second-order valence-corrected chi connectivity index (χ2v) is 7.85. The van der Waals surface area contributed by atoms with Gasteiger partial charge < -0.3 is 10.6 Å². The van der Waals surface area contributed by atoms with E-state index in [0.29, 0.717) is 12.5 Å². The summed E-state index contributed by atoms with van der Waals surface area (Å²) in [6.07, 6.45) is 0.318. The Balaban J connectivity index is 1.88. The van der Waals surface area contributed by atoms with Gasteiger partial charge in [-0.1, -0.05) is 0 Å². The summed E-state index contributed by atoms with van der Waals surface area (Å²) in [6, 6.07) is 1.82. The van der Waals surface area contributed by atoms with Crippen LogP contribution in [0.15, 0.2) is 18.2 Å². The molecule has 9 heteroatoms. The second kappa shape index (κ2) is 6.61. The number of amides is 2. The molecule has 0 aliphatic carbocycles. The third-order valence-electron chi connectivity index (χ3n) is 3.73. The van der Waals surface area contributed by atoms with Gasteiger partial charge in [-0.2, -0.15) is 0 Å². The molecule has 1 aliphatic rings. The van der Waals surface area contributed by atoms with Crippen LogP contribution in [0.25, 0.3) is 0 Å². The minimum Gasteiger partial charge on any atom is -0.351 e. The summed E-state index contributed by atoms with van der Waals surface area (Å²) in [5.41, 5.74) is -0.243. The molecule has 0 radical (unpaired) electrons. The standard InChI is InChI=1S/C14H16F2N2O4S/c1-8-12(2-3-23(8,21)22)18-13(19)7-17-14(20)9-4-10(15)6-11(16)5-9/h4-6,8,12H,2-3,7H2,1H3,(H,17,20)(H,18,19)/t8-,12-/m0/s1. The molecular weight excluding hydrogens is 330 g/mol. The van der Waals surface area contributed by atoms with Gasteiger partial charge in [-0.15, -0.1) is 0 Å². The van der Waals surface area contributed by atoms with E-state index in [9.17, 15) is 26.8 Å². The highest BCUT2D eigenvalue weighted by Crippen LogP contribution is 2.20. The van der Waals surface area contributed by atoms with E-state index in [4.69, 9.17) is 0 Å². The lowest BCUT2D eigenvalue weighted by Gasteiger charge is -2.16. The van der Waals surface area contributed by atoms with Crippen LogP contribution in [0.2, 0.25) is 0 Å². The Morgan fingerprint density at radius 2 is 1.83 bits per heavy atom. The lowest BCUT2D eigenvalue weighted by Crippen LogP contribution is -2.45. The Bertz CT molecular complexity index is 716. The van der Waals surface area contributed by atoms with Crippen LogP contribution in [0.4, 0.5) is 8.78 Å². The summed E-state index contributed by atoms with van der Waals surface area (Å²) in [5, 5.41) is 4.08. The maximum atomic E-state index is 13.0. The van der Waals surface area contributed by atoms with Gasteiger partial charge in [0, 0.05) is 17.7 Å². The highest BCUT2D eigenvalue weighted by molar-refractivity contribution is 7.92. The van der Waals surface area contributed by atoms with Crippen molar-refractivity contribution in [2.24, 2.45) is 0 Å². The molecule has 0 aromatic heterocycles. The van der Waals surface area contributed by atoms with E-state index in [1.54, 1.807) is 0 Å². The van der Waals surface area contributed by atoms with Crippen molar-refractivity contribution in [1.82, 2.24) is 10.6 Å². The van der Waals surface area contributed by atoms with Crippen molar-refractivity contribution in [3.63, 3.8) is 0 Å². The number of sulfone groups is 1. The Kier molecular flexibility index (Phi) is 4.98. The van der Waals surface area contributed by atoms with Gasteiger partial charge >= 0.3 is 0 Å². The molecule has 1 aromatic rings. The molecule has 0 unspecified atom stereocenters. The molecule has 2 amide bonds. The summed E-state index contributed by atoms with van der Waals surface area (Å²) in [4.78, 5) is 23.5. The molecule has 2 rings (SSSR count). The zero-order valence-electron chi connectivity index (χ0n) is 12.3. The maximum Gasteiger partial charge on any atom is 0.251 e. The molecule has 1 fully saturated rings. The number of carbonyl (C=O) groups excluding carboxylic acids is 2. The van der Waals surface area contributed by atoms with Crippen LogP contribution in [0.5, 0.6) is 0 Å². The molecule has 6 nitrogen and oxygen atoms in total. The van der Waals surface area contributed by atoms with Gasteiger partial charge in [-0.3, -0.25) is 9.59 Å². The minimum absolute atomic E-state index is 0.00798. The Hall–Kier alpha value is -2.03. The summed E-state index contributed by atoms with van der Waals surface area (Å²) >= 11 is 0. The normalized spacial score (nSPS) is 22.6. The van der Waals surface area contributed by atoms with Gasteiger partial charge in [0.2, 0.25) is 5.91 Å². The SMILES string of the molecule is C[C@H]1[C@@H](NC(=O)CNC(=O)c2cc(F)cc(F)c2)CCS1(=O)=O. The van der Waals surface area contributed by atoms with Crippen molar-refractivity contribution in [2.45, 2.75) is 24.6 Å². The maximum absolute atomic E-state index is 13.0. The van der Waals surface area contributed by atoms with Crippen LogP contribution in [0.1, 0.15) is 23.7 Å². The molecule has 1 saturated heterocycles. The monoisotopic (exact) mass is 346 g/mol.